The highest BCUT2D eigenvalue weighted by atomic mass is 16.5. The Morgan fingerprint density at radius 2 is 1.25 bits per heavy atom. The van der Waals surface area contributed by atoms with Gasteiger partial charge in [-0.2, -0.15) is 0 Å². The van der Waals surface area contributed by atoms with Crippen molar-refractivity contribution in [3.63, 3.8) is 0 Å². The summed E-state index contributed by atoms with van der Waals surface area (Å²) < 4.78 is 15.4. The zero-order chi connectivity index (χ0) is 35.5. The number of nitrogens with one attached hydrogen (secondary N) is 4. The van der Waals surface area contributed by atoms with E-state index in [2.05, 4.69) is 40.0 Å². The van der Waals surface area contributed by atoms with E-state index in [4.69, 9.17) is 4.42 Å². The molecule has 5 heterocycles. The third-order valence-corrected chi connectivity index (χ3v) is 9.41. The maximum Gasteiger partial charge on any atom is 0.407 e. The van der Waals surface area contributed by atoms with Crippen LogP contribution in [0.25, 0.3) is 44.8 Å². The number of amides is 4. The van der Waals surface area contributed by atoms with Crippen LogP contribution in [-0.4, -0.2) is 94.1 Å². The molecule has 51 heavy (non-hydrogen) atoms. The third kappa shape index (κ3) is 7.00. The summed E-state index contributed by atoms with van der Waals surface area (Å²) in [5.41, 5.74) is 5.20. The Kier molecular flexibility index (Phi) is 9.42. The van der Waals surface area contributed by atoms with Crippen molar-refractivity contribution in [2.24, 2.45) is 0 Å². The van der Waals surface area contributed by atoms with E-state index in [0.29, 0.717) is 24.7 Å². The van der Waals surface area contributed by atoms with Crippen LogP contribution in [-0.2, 0) is 19.1 Å². The van der Waals surface area contributed by atoms with Gasteiger partial charge in [0.1, 0.15) is 36.1 Å². The Balaban J connectivity index is 1.02. The summed E-state index contributed by atoms with van der Waals surface area (Å²) in [5, 5.41) is 5.85. The standard InChI is InChI=1S/C36H38N8O7/c1-49-35(47)39-19-31(45)43-13-3-5-27(43)33-37-17-25(41-33)21-7-9-22(10-8-21)30-16-24-15-23(11-12-29(24)51-30)26-18-38-34(42-26)28-6-4-14-44(28)32(46)20-40-36(48)50-2/h7-12,15-18,27-28H,3-6,13-14,19-20H2,1-2H3,(H,37,41)(H,38,42)(H,39,47)(H,40,48)/t27-,28-/m0/s1. The predicted molar refractivity (Wildman–Crippen MR) is 185 cm³/mol. The fourth-order valence-corrected chi connectivity index (χ4v) is 6.81. The van der Waals surface area contributed by atoms with Gasteiger partial charge >= 0.3 is 12.2 Å². The number of hydrogen-bond donors (Lipinski definition) is 4. The van der Waals surface area contributed by atoms with Crippen LogP contribution in [0, 0.1) is 0 Å². The molecule has 5 aromatic rings. The number of fused-ring (bicyclic) bond motifs is 1. The van der Waals surface area contributed by atoms with Crippen LogP contribution in [0.1, 0.15) is 49.4 Å². The van der Waals surface area contributed by atoms with Gasteiger partial charge in [-0.1, -0.05) is 24.3 Å². The number of nitrogens with zero attached hydrogens (tertiary/aromatic N) is 4. The fourth-order valence-electron chi connectivity index (χ4n) is 6.81. The Morgan fingerprint density at radius 1 is 0.745 bits per heavy atom. The van der Waals surface area contributed by atoms with Crippen molar-refractivity contribution in [2.75, 3.05) is 40.4 Å². The first-order chi connectivity index (χ1) is 24.8. The van der Waals surface area contributed by atoms with Gasteiger partial charge in [-0.05, 0) is 55.5 Å². The molecule has 0 saturated carbocycles. The first-order valence-electron chi connectivity index (χ1n) is 16.8. The molecule has 4 N–H and O–H groups in total. The summed E-state index contributed by atoms with van der Waals surface area (Å²) in [5.74, 6) is 1.76. The van der Waals surface area contributed by atoms with Crippen LogP contribution in [0.15, 0.2) is 65.3 Å². The Hall–Kier alpha value is -6.12. The topological polar surface area (TPSA) is 188 Å². The molecule has 2 fully saturated rings. The number of hydrogen-bond acceptors (Lipinski definition) is 9. The number of ether oxygens (including phenoxy) is 2. The van der Waals surface area contributed by atoms with Gasteiger partial charge in [-0.15, -0.1) is 0 Å². The van der Waals surface area contributed by atoms with Gasteiger partial charge in [0.05, 0.1) is 50.1 Å². The monoisotopic (exact) mass is 694 g/mol. The second kappa shape index (κ2) is 14.4. The molecule has 0 aliphatic carbocycles. The Morgan fingerprint density at radius 3 is 1.80 bits per heavy atom. The highest BCUT2D eigenvalue weighted by Crippen LogP contribution is 2.35. The summed E-state index contributed by atoms with van der Waals surface area (Å²) in [7, 11) is 2.52. The number of likely N-dealkylation sites (tertiary alicyclic amines) is 2. The first kappa shape index (κ1) is 33.4. The molecule has 2 aliphatic rings. The van der Waals surface area contributed by atoms with E-state index >= 15 is 0 Å². The molecule has 4 amide bonds. The van der Waals surface area contributed by atoms with E-state index in [1.54, 1.807) is 22.2 Å². The number of methoxy groups -OCH3 is 2. The van der Waals surface area contributed by atoms with Crippen molar-refractivity contribution >= 4 is 35.0 Å². The van der Waals surface area contributed by atoms with E-state index in [1.807, 2.05) is 48.5 Å². The second-order valence-electron chi connectivity index (χ2n) is 12.5. The molecule has 15 nitrogen and oxygen atoms in total. The summed E-state index contributed by atoms with van der Waals surface area (Å²) in [6.07, 6.45) is 5.51. The van der Waals surface area contributed by atoms with Crippen LogP contribution in [0.3, 0.4) is 0 Å². The minimum absolute atomic E-state index is 0.131. The largest absolute Gasteiger partial charge is 0.456 e. The molecule has 15 heteroatoms. The number of H-pyrrole nitrogens is 2. The lowest BCUT2D eigenvalue weighted by Crippen LogP contribution is -2.40. The van der Waals surface area contributed by atoms with Crippen molar-refractivity contribution in [3.05, 3.63) is 72.6 Å². The Bertz CT molecular complexity index is 2070. The van der Waals surface area contributed by atoms with Gasteiger partial charge in [0.15, 0.2) is 0 Å². The third-order valence-electron chi connectivity index (χ3n) is 9.41. The lowest BCUT2D eigenvalue weighted by Gasteiger charge is -2.23. The maximum absolute atomic E-state index is 12.8. The van der Waals surface area contributed by atoms with Gasteiger partial charge in [-0.25, -0.2) is 19.6 Å². The lowest BCUT2D eigenvalue weighted by atomic mass is 10.1. The van der Waals surface area contributed by atoms with E-state index in [0.717, 1.165) is 70.5 Å². The van der Waals surface area contributed by atoms with Gasteiger partial charge in [0.2, 0.25) is 11.8 Å². The molecule has 2 atom stereocenters. The summed E-state index contributed by atoms with van der Waals surface area (Å²) >= 11 is 0. The van der Waals surface area contributed by atoms with E-state index in [-0.39, 0.29) is 37.0 Å². The minimum atomic E-state index is -0.644. The van der Waals surface area contributed by atoms with Crippen molar-refractivity contribution in [3.8, 4) is 33.8 Å². The van der Waals surface area contributed by atoms with Gasteiger partial charge in [-0.3, -0.25) is 9.59 Å². The highest BCUT2D eigenvalue weighted by Gasteiger charge is 2.33. The SMILES string of the molecule is COC(=O)NCC(=O)N1CCC[C@H]1c1ncc(-c2ccc(-c3cc4cc(-c5cnc([C@@H]6CCCN6C(=O)CNC(=O)OC)[nH]5)ccc4o3)cc2)[nH]1. The normalized spacial score (nSPS) is 17.1. The van der Waals surface area contributed by atoms with Crippen LogP contribution in [0.2, 0.25) is 0 Å². The zero-order valence-electron chi connectivity index (χ0n) is 28.2. The van der Waals surface area contributed by atoms with Crippen LogP contribution < -0.4 is 10.6 Å². The molecule has 0 unspecified atom stereocenters. The van der Waals surface area contributed by atoms with Crippen LogP contribution >= 0.6 is 0 Å². The molecular formula is C36H38N8O7. The average Bonchev–Trinajstić information content (AvgIpc) is 4.00. The molecular weight excluding hydrogens is 656 g/mol. The van der Waals surface area contributed by atoms with Crippen molar-refractivity contribution in [1.82, 2.24) is 40.4 Å². The average molecular weight is 695 g/mol. The lowest BCUT2D eigenvalue weighted by molar-refractivity contribution is -0.132. The molecule has 7 rings (SSSR count). The predicted octanol–water partition coefficient (Wildman–Crippen LogP) is 4.92. The molecule has 264 valence electrons. The molecule has 0 radical (unpaired) electrons. The van der Waals surface area contributed by atoms with E-state index < -0.39 is 12.2 Å². The molecule has 2 aliphatic heterocycles. The van der Waals surface area contributed by atoms with Gasteiger partial charge in [0.25, 0.3) is 0 Å². The number of aromatic amines is 2. The molecule has 0 bridgehead atoms. The summed E-state index contributed by atoms with van der Waals surface area (Å²) in [6, 6.07) is 15.5. The smallest absolute Gasteiger partial charge is 0.407 e. The Labute approximate surface area is 292 Å². The minimum Gasteiger partial charge on any atom is -0.456 e. The summed E-state index contributed by atoms with van der Waals surface area (Å²) in [4.78, 5) is 67.8. The van der Waals surface area contributed by atoms with E-state index in [9.17, 15) is 19.2 Å². The maximum atomic E-state index is 12.8. The van der Waals surface area contributed by atoms with Gasteiger partial charge in [0, 0.05) is 29.6 Å². The molecule has 2 aromatic carbocycles. The molecule has 3 aromatic heterocycles. The van der Waals surface area contributed by atoms with Crippen molar-refractivity contribution in [2.45, 2.75) is 37.8 Å². The number of rotatable bonds is 9. The zero-order valence-corrected chi connectivity index (χ0v) is 28.2. The van der Waals surface area contributed by atoms with Crippen molar-refractivity contribution in [1.29, 1.82) is 0 Å². The number of carbonyl (C=O) groups excluding carboxylic acids is 4. The quantitative estimate of drug-likeness (QED) is 0.166. The highest BCUT2D eigenvalue weighted by molar-refractivity contribution is 5.87. The van der Waals surface area contributed by atoms with Crippen LogP contribution in [0.4, 0.5) is 9.59 Å². The van der Waals surface area contributed by atoms with Crippen LogP contribution in [0.5, 0.6) is 0 Å². The number of alkyl carbamates (subject to hydrolysis) is 2. The number of furan rings is 1. The number of imidazole rings is 2. The number of carbonyl (C=O) groups is 4. The summed E-state index contributed by atoms with van der Waals surface area (Å²) in [6.45, 7) is 0.926. The second-order valence-corrected chi connectivity index (χ2v) is 12.5. The number of aromatic nitrogens is 4. The molecule has 0 spiro atoms. The first-order valence-corrected chi connectivity index (χ1v) is 16.8. The van der Waals surface area contributed by atoms with Crippen molar-refractivity contribution < 1.29 is 33.1 Å². The van der Waals surface area contributed by atoms with Gasteiger partial charge < -0.3 is 44.3 Å². The molecule has 2 saturated heterocycles. The number of benzene rings is 2. The van der Waals surface area contributed by atoms with E-state index in [1.165, 1.54) is 14.2 Å². The fraction of sp³-hybridized carbons (Fsp3) is 0.333.